The van der Waals surface area contributed by atoms with Crippen LogP contribution < -0.4 is 9.80 Å². The van der Waals surface area contributed by atoms with Crippen molar-refractivity contribution < 1.29 is 23.4 Å². The Bertz CT molecular complexity index is 1820. The lowest BCUT2D eigenvalue weighted by Crippen LogP contribution is -2.62. The third-order valence-electron chi connectivity index (χ3n) is 10.5. The molecular weight excluding hydrogens is 631 g/mol. The Labute approximate surface area is 294 Å². The van der Waals surface area contributed by atoms with E-state index in [0.717, 1.165) is 78.7 Å². The number of hydrogen-bond acceptors (Lipinski definition) is 8. The van der Waals surface area contributed by atoms with Gasteiger partial charge in [0.15, 0.2) is 11.9 Å². The van der Waals surface area contributed by atoms with Crippen LogP contribution in [0.5, 0.6) is 0 Å². The SMILES string of the molecule is CCCN1CCC2(CC1)C(OCCN(CC)c1ccc3cc(C(C)=O)ccc3c1)=NC(C1(c3ccc(F)cc3)OCCO1)N2c1ccccc1. The molecule has 0 amide bonds. The lowest BCUT2D eigenvalue weighted by Gasteiger charge is -2.49. The number of aliphatic imine (C=N–C) groups is 1. The average molecular weight is 679 g/mol. The van der Waals surface area contributed by atoms with Gasteiger partial charge in [0, 0.05) is 42.1 Å². The van der Waals surface area contributed by atoms with E-state index in [1.54, 1.807) is 19.1 Å². The molecule has 9 heteroatoms. The van der Waals surface area contributed by atoms with E-state index in [-0.39, 0.29) is 11.6 Å². The van der Waals surface area contributed by atoms with E-state index in [4.69, 9.17) is 19.2 Å². The Morgan fingerprint density at radius 2 is 1.64 bits per heavy atom. The summed E-state index contributed by atoms with van der Waals surface area (Å²) in [6.45, 7) is 11.6. The van der Waals surface area contributed by atoms with Gasteiger partial charge in [-0.2, -0.15) is 0 Å². The molecule has 0 aromatic heterocycles. The van der Waals surface area contributed by atoms with Crippen molar-refractivity contribution in [3.63, 3.8) is 0 Å². The predicted molar refractivity (Wildman–Crippen MR) is 197 cm³/mol. The largest absolute Gasteiger partial charge is 0.477 e. The van der Waals surface area contributed by atoms with E-state index < -0.39 is 17.5 Å². The first-order valence-corrected chi connectivity index (χ1v) is 18.0. The molecule has 0 radical (unpaired) electrons. The first kappa shape index (κ1) is 34.2. The number of halogens is 1. The Morgan fingerprint density at radius 3 is 2.32 bits per heavy atom. The molecular formula is C41H47FN4O4. The van der Waals surface area contributed by atoms with Crippen LogP contribution >= 0.6 is 0 Å². The second-order valence-corrected chi connectivity index (χ2v) is 13.5. The fraction of sp³-hybridized carbons (Fsp3) is 0.415. The summed E-state index contributed by atoms with van der Waals surface area (Å²) in [6.07, 6.45) is 2.18. The van der Waals surface area contributed by atoms with Crippen LogP contribution in [-0.2, 0) is 20.0 Å². The van der Waals surface area contributed by atoms with E-state index >= 15 is 0 Å². The first-order valence-electron chi connectivity index (χ1n) is 18.0. The summed E-state index contributed by atoms with van der Waals surface area (Å²) < 4.78 is 34.1. The monoisotopic (exact) mass is 678 g/mol. The standard InChI is InChI=1S/C41H47FN4O4/c1-4-21-44-22-19-40(20-23-44)39(48-25-24-45(5-2)37-18-13-32-28-31(30(3)47)11-12-33(32)29-37)43-38(46(40)36-9-7-6-8-10-36)41(49-26-27-50-41)34-14-16-35(42)17-15-34/h6-18,28-29,38H,4-5,19-27H2,1-3H3. The van der Waals surface area contributed by atoms with Crippen molar-refractivity contribution in [1.29, 1.82) is 0 Å². The minimum absolute atomic E-state index is 0.0645. The van der Waals surface area contributed by atoms with Crippen molar-refractivity contribution in [3.05, 3.63) is 108 Å². The summed E-state index contributed by atoms with van der Waals surface area (Å²) in [6, 6.07) is 29.0. The summed E-state index contributed by atoms with van der Waals surface area (Å²) in [5.74, 6) is -0.775. The Hall–Kier alpha value is -4.31. The summed E-state index contributed by atoms with van der Waals surface area (Å²) >= 11 is 0. The van der Waals surface area contributed by atoms with Gasteiger partial charge < -0.3 is 28.9 Å². The van der Waals surface area contributed by atoms with Gasteiger partial charge in [0.1, 0.15) is 18.0 Å². The van der Waals surface area contributed by atoms with Crippen LogP contribution in [0.15, 0.2) is 96.0 Å². The number of rotatable bonds is 11. The quantitative estimate of drug-likeness (QED) is 0.153. The van der Waals surface area contributed by atoms with Gasteiger partial charge in [-0.3, -0.25) is 4.79 Å². The summed E-state index contributed by atoms with van der Waals surface area (Å²) in [7, 11) is 0. The normalized spacial score (nSPS) is 20.0. The maximum Gasteiger partial charge on any atom is 0.237 e. The van der Waals surface area contributed by atoms with Crippen molar-refractivity contribution in [1.82, 2.24) is 4.90 Å². The zero-order valence-corrected chi connectivity index (χ0v) is 29.3. The van der Waals surface area contributed by atoms with Crippen molar-refractivity contribution in [2.24, 2.45) is 4.99 Å². The highest BCUT2D eigenvalue weighted by atomic mass is 19.1. The van der Waals surface area contributed by atoms with Crippen LogP contribution in [0.1, 0.15) is 56.0 Å². The van der Waals surface area contributed by atoms with E-state index in [0.29, 0.717) is 32.3 Å². The molecule has 0 aliphatic carbocycles. The maximum absolute atomic E-state index is 14.2. The van der Waals surface area contributed by atoms with E-state index in [1.165, 1.54) is 12.1 Å². The van der Waals surface area contributed by atoms with Crippen LogP contribution in [-0.4, -0.2) is 80.8 Å². The average Bonchev–Trinajstić information content (AvgIpc) is 3.76. The number of anilines is 2. The number of carbonyl (C=O) groups is 1. The molecule has 4 aromatic carbocycles. The van der Waals surface area contributed by atoms with Crippen LogP contribution in [0.2, 0.25) is 0 Å². The lowest BCUT2D eigenvalue weighted by atomic mass is 9.84. The molecule has 2 saturated heterocycles. The first-order chi connectivity index (χ1) is 24.4. The minimum Gasteiger partial charge on any atom is -0.477 e. The number of carbonyl (C=O) groups excluding carboxylic acids is 1. The molecule has 3 aliphatic rings. The maximum atomic E-state index is 14.2. The Kier molecular flexibility index (Phi) is 9.91. The van der Waals surface area contributed by atoms with Crippen molar-refractivity contribution in [3.8, 4) is 0 Å². The zero-order chi connectivity index (χ0) is 34.7. The Morgan fingerprint density at radius 1 is 0.940 bits per heavy atom. The van der Waals surface area contributed by atoms with Crippen molar-refractivity contribution in [2.45, 2.75) is 57.5 Å². The number of Topliss-reactive ketones (excluding diaryl/α,β-unsaturated/α-hetero) is 1. The topological polar surface area (TPSA) is 66.8 Å². The number of ketones is 1. The number of likely N-dealkylation sites (tertiary alicyclic amines) is 1. The molecule has 0 saturated carbocycles. The second-order valence-electron chi connectivity index (χ2n) is 13.5. The molecule has 4 aromatic rings. The molecule has 1 spiro atoms. The number of piperidine rings is 1. The van der Waals surface area contributed by atoms with Gasteiger partial charge in [0.25, 0.3) is 0 Å². The van der Waals surface area contributed by atoms with Gasteiger partial charge in [-0.15, -0.1) is 0 Å². The molecule has 262 valence electrons. The summed E-state index contributed by atoms with van der Waals surface area (Å²) in [4.78, 5) is 24.5. The van der Waals surface area contributed by atoms with Gasteiger partial charge in [0.2, 0.25) is 11.7 Å². The molecule has 2 fully saturated rings. The van der Waals surface area contributed by atoms with E-state index in [9.17, 15) is 9.18 Å². The molecule has 7 rings (SSSR count). The van der Waals surface area contributed by atoms with Crippen LogP contribution in [0, 0.1) is 5.82 Å². The highest BCUT2D eigenvalue weighted by Crippen LogP contribution is 2.49. The number of para-hydroxylation sites is 1. The van der Waals surface area contributed by atoms with Gasteiger partial charge in [-0.25, -0.2) is 9.38 Å². The summed E-state index contributed by atoms with van der Waals surface area (Å²) in [5, 5.41) is 2.14. The molecule has 0 bridgehead atoms. The Balaban J connectivity index is 1.22. The highest BCUT2D eigenvalue weighted by molar-refractivity contribution is 5.99. The molecule has 3 heterocycles. The lowest BCUT2D eigenvalue weighted by molar-refractivity contribution is -0.181. The van der Waals surface area contributed by atoms with Crippen LogP contribution in [0.25, 0.3) is 10.8 Å². The zero-order valence-electron chi connectivity index (χ0n) is 29.3. The minimum atomic E-state index is -1.23. The predicted octanol–water partition coefficient (Wildman–Crippen LogP) is 7.41. The molecule has 3 aliphatic heterocycles. The number of nitrogens with zero attached hydrogens (tertiary/aromatic N) is 4. The van der Waals surface area contributed by atoms with Gasteiger partial charge in [0.05, 0.1) is 19.8 Å². The smallest absolute Gasteiger partial charge is 0.237 e. The van der Waals surface area contributed by atoms with Gasteiger partial charge in [-0.1, -0.05) is 55.5 Å². The molecule has 8 nitrogen and oxygen atoms in total. The third-order valence-corrected chi connectivity index (χ3v) is 10.5. The number of ether oxygens (including phenoxy) is 3. The number of fused-ring (bicyclic) bond motifs is 1. The number of benzene rings is 4. The number of likely N-dealkylation sites (N-methyl/N-ethyl adjacent to an activating group) is 1. The van der Waals surface area contributed by atoms with E-state index in [2.05, 4.69) is 71.0 Å². The molecule has 1 atom stereocenters. The molecule has 1 unspecified atom stereocenters. The fourth-order valence-corrected chi connectivity index (χ4v) is 7.89. The molecule has 50 heavy (non-hydrogen) atoms. The van der Waals surface area contributed by atoms with Gasteiger partial charge in [-0.05, 0) is 92.9 Å². The second kappa shape index (κ2) is 14.5. The highest BCUT2D eigenvalue weighted by Gasteiger charge is 2.61. The fourth-order valence-electron chi connectivity index (χ4n) is 7.89. The van der Waals surface area contributed by atoms with Crippen molar-refractivity contribution in [2.75, 3.05) is 62.3 Å². The molecule has 0 N–H and O–H groups in total. The van der Waals surface area contributed by atoms with E-state index in [1.807, 2.05) is 24.3 Å². The van der Waals surface area contributed by atoms with Crippen LogP contribution in [0.4, 0.5) is 15.8 Å². The van der Waals surface area contributed by atoms with Gasteiger partial charge >= 0.3 is 0 Å². The van der Waals surface area contributed by atoms with Crippen LogP contribution in [0.3, 0.4) is 0 Å². The summed E-state index contributed by atoms with van der Waals surface area (Å²) in [5.41, 5.74) is 3.04. The van der Waals surface area contributed by atoms with Crippen molar-refractivity contribution >= 4 is 33.8 Å². The third kappa shape index (κ3) is 6.38. The number of hydrogen-bond donors (Lipinski definition) is 0.